The Kier molecular flexibility index (Phi) is 7.31. The molecule has 0 atom stereocenters. The van der Waals surface area contributed by atoms with Crippen LogP contribution in [0.5, 0.6) is 11.5 Å². The molecule has 1 N–H and O–H groups in total. The van der Waals surface area contributed by atoms with Gasteiger partial charge in [-0.1, -0.05) is 12.1 Å². The molecule has 1 aliphatic rings. The molecular weight excluding hydrogens is 396 g/mol. The third kappa shape index (κ3) is 5.24. The standard InChI is InChI=1S/C24H28N2O5/c1-5-30-20-12-8-18(9-13-20)25-22-21(17-6-10-19(29-4)11-7-17)23(27)26(24(22)28)14-15-31-16(2)3/h6-13,16,25H,5,14-15H2,1-4H3. The van der Waals surface area contributed by atoms with Crippen molar-refractivity contribution < 1.29 is 23.8 Å². The zero-order valence-electron chi connectivity index (χ0n) is 18.3. The Morgan fingerprint density at radius 3 is 2.16 bits per heavy atom. The van der Waals surface area contributed by atoms with Crippen LogP contribution in [0.15, 0.2) is 54.2 Å². The monoisotopic (exact) mass is 424 g/mol. The molecule has 2 aromatic rings. The minimum Gasteiger partial charge on any atom is -0.497 e. The van der Waals surface area contributed by atoms with Crippen molar-refractivity contribution in [1.82, 2.24) is 4.90 Å². The van der Waals surface area contributed by atoms with Gasteiger partial charge in [0.05, 0.1) is 38.5 Å². The highest BCUT2D eigenvalue weighted by molar-refractivity contribution is 6.36. The molecule has 1 heterocycles. The van der Waals surface area contributed by atoms with Crippen molar-refractivity contribution >= 4 is 23.1 Å². The van der Waals surface area contributed by atoms with E-state index >= 15 is 0 Å². The number of amides is 2. The van der Waals surface area contributed by atoms with E-state index in [2.05, 4.69) is 5.32 Å². The number of nitrogens with one attached hydrogen (secondary N) is 1. The molecule has 0 radical (unpaired) electrons. The van der Waals surface area contributed by atoms with Crippen molar-refractivity contribution in [3.05, 3.63) is 59.8 Å². The fourth-order valence-corrected chi connectivity index (χ4v) is 3.25. The summed E-state index contributed by atoms with van der Waals surface area (Å²) < 4.78 is 16.2. The van der Waals surface area contributed by atoms with Crippen LogP contribution < -0.4 is 14.8 Å². The Balaban J connectivity index is 1.92. The Morgan fingerprint density at radius 1 is 0.935 bits per heavy atom. The highest BCUT2D eigenvalue weighted by Crippen LogP contribution is 2.31. The summed E-state index contributed by atoms with van der Waals surface area (Å²) in [5, 5.41) is 3.14. The summed E-state index contributed by atoms with van der Waals surface area (Å²) in [4.78, 5) is 27.6. The molecule has 3 rings (SSSR count). The predicted octanol–water partition coefficient (Wildman–Crippen LogP) is 3.71. The fraction of sp³-hybridized carbons (Fsp3) is 0.333. The first-order valence-corrected chi connectivity index (χ1v) is 10.3. The molecule has 0 spiro atoms. The number of carbonyl (C=O) groups excluding carboxylic acids is 2. The lowest BCUT2D eigenvalue weighted by molar-refractivity contribution is -0.137. The SMILES string of the molecule is CCOc1ccc(NC2=C(c3ccc(OC)cc3)C(=O)N(CCOC(C)C)C2=O)cc1. The van der Waals surface area contributed by atoms with E-state index < -0.39 is 0 Å². The zero-order valence-corrected chi connectivity index (χ0v) is 18.3. The topological polar surface area (TPSA) is 77.1 Å². The van der Waals surface area contributed by atoms with Crippen molar-refractivity contribution in [3.8, 4) is 11.5 Å². The van der Waals surface area contributed by atoms with Crippen LogP contribution in [0.4, 0.5) is 5.69 Å². The molecule has 0 aromatic heterocycles. The number of ether oxygens (including phenoxy) is 3. The number of benzene rings is 2. The summed E-state index contributed by atoms with van der Waals surface area (Å²) in [6.07, 6.45) is 0.0169. The third-order valence-corrected chi connectivity index (χ3v) is 4.75. The summed E-state index contributed by atoms with van der Waals surface area (Å²) in [5.41, 5.74) is 1.89. The lowest BCUT2D eigenvalue weighted by Crippen LogP contribution is -2.35. The highest BCUT2D eigenvalue weighted by Gasteiger charge is 2.39. The summed E-state index contributed by atoms with van der Waals surface area (Å²) in [6.45, 7) is 6.77. The van der Waals surface area contributed by atoms with Gasteiger partial charge in [0.15, 0.2) is 0 Å². The smallest absolute Gasteiger partial charge is 0.278 e. The first kappa shape index (κ1) is 22.4. The van der Waals surface area contributed by atoms with E-state index in [1.165, 1.54) is 4.90 Å². The third-order valence-electron chi connectivity index (χ3n) is 4.75. The average molecular weight is 424 g/mol. The maximum absolute atomic E-state index is 13.2. The fourth-order valence-electron chi connectivity index (χ4n) is 3.25. The molecule has 0 aliphatic carbocycles. The van der Waals surface area contributed by atoms with Crippen LogP contribution in [0.25, 0.3) is 5.57 Å². The van der Waals surface area contributed by atoms with Gasteiger partial charge in [0.2, 0.25) is 0 Å². The van der Waals surface area contributed by atoms with Crippen LogP contribution in [-0.4, -0.2) is 49.7 Å². The quantitative estimate of drug-likeness (QED) is 0.586. The average Bonchev–Trinajstić information content (AvgIpc) is 2.99. The first-order chi connectivity index (χ1) is 14.9. The molecule has 31 heavy (non-hydrogen) atoms. The normalized spacial score (nSPS) is 13.9. The Bertz CT molecular complexity index is 949. The molecule has 7 heteroatoms. The van der Waals surface area contributed by atoms with E-state index in [0.717, 1.165) is 5.75 Å². The molecule has 0 fully saturated rings. The van der Waals surface area contributed by atoms with Crippen LogP contribution in [0.2, 0.25) is 0 Å². The highest BCUT2D eigenvalue weighted by atomic mass is 16.5. The van der Waals surface area contributed by atoms with Gasteiger partial charge in [-0.25, -0.2) is 0 Å². The second kappa shape index (κ2) is 10.1. The number of anilines is 1. The molecular formula is C24H28N2O5. The maximum Gasteiger partial charge on any atom is 0.278 e. The van der Waals surface area contributed by atoms with Gasteiger partial charge in [-0.05, 0) is 62.7 Å². The van der Waals surface area contributed by atoms with Crippen LogP contribution in [0, 0.1) is 0 Å². The summed E-state index contributed by atoms with van der Waals surface area (Å²) in [5.74, 6) is 0.677. The molecule has 0 saturated heterocycles. The molecule has 7 nitrogen and oxygen atoms in total. The Hall–Kier alpha value is -3.32. The molecule has 0 bridgehead atoms. The molecule has 2 amide bonds. The minimum absolute atomic E-state index is 0.0169. The molecule has 0 unspecified atom stereocenters. The van der Waals surface area contributed by atoms with Gasteiger partial charge in [-0.2, -0.15) is 0 Å². The lowest BCUT2D eigenvalue weighted by Gasteiger charge is -2.16. The lowest BCUT2D eigenvalue weighted by atomic mass is 10.0. The van der Waals surface area contributed by atoms with Gasteiger partial charge in [0.1, 0.15) is 17.2 Å². The van der Waals surface area contributed by atoms with Crippen molar-refractivity contribution in [1.29, 1.82) is 0 Å². The minimum atomic E-state index is -0.378. The molecule has 0 saturated carbocycles. The number of nitrogens with zero attached hydrogens (tertiary/aromatic N) is 1. The number of carbonyl (C=O) groups is 2. The molecule has 1 aliphatic heterocycles. The largest absolute Gasteiger partial charge is 0.497 e. The number of hydrogen-bond acceptors (Lipinski definition) is 6. The van der Waals surface area contributed by atoms with Crippen molar-refractivity contribution in [2.45, 2.75) is 26.9 Å². The summed E-state index contributed by atoms with van der Waals surface area (Å²) in [6, 6.07) is 14.3. The molecule has 2 aromatic carbocycles. The van der Waals surface area contributed by atoms with Gasteiger partial charge >= 0.3 is 0 Å². The predicted molar refractivity (Wildman–Crippen MR) is 119 cm³/mol. The second-order valence-corrected chi connectivity index (χ2v) is 7.24. The van der Waals surface area contributed by atoms with Gasteiger partial charge in [0, 0.05) is 5.69 Å². The van der Waals surface area contributed by atoms with Gasteiger partial charge < -0.3 is 19.5 Å². The van der Waals surface area contributed by atoms with E-state index in [1.54, 1.807) is 31.4 Å². The van der Waals surface area contributed by atoms with E-state index in [-0.39, 0.29) is 36.8 Å². The van der Waals surface area contributed by atoms with Crippen LogP contribution in [-0.2, 0) is 14.3 Å². The van der Waals surface area contributed by atoms with E-state index in [0.29, 0.717) is 29.2 Å². The van der Waals surface area contributed by atoms with Crippen LogP contribution >= 0.6 is 0 Å². The van der Waals surface area contributed by atoms with Gasteiger partial charge in [-0.3, -0.25) is 14.5 Å². The zero-order chi connectivity index (χ0) is 22.4. The van der Waals surface area contributed by atoms with E-state index in [4.69, 9.17) is 14.2 Å². The Labute approximate surface area is 182 Å². The number of hydrogen-bond donors (Lipinski definition) is 1. The number of rotatable bonds is 10. The van der Waals surface area contributed by atoms with Crippen LogP contribution in [0.3, 0.4) is 0 Å². The van der Waals surface area contributed by atoms with Crippen molar-refractivity contribution in [2.75, 3.05) is 32.2 Å². The van der Waals surface area contributed by atoms with Crippen LogP contribution in [0.1, 0.15) is 26.3 Å². The second-order valence-electron chi connectivity index (χ2n) is 7.24. The first-order valence-electron chi connectivity index (χ1n) is 10.3. The summed E-state index contributed by atoms with van der Waals surface area (Å²) >= 11 is 0. The van der Waals surface area contributed by atoms with Crippen molar-refractivity contribution in [3.63, 3.8) is 0 Å². The van der Waals surface area contributed by atoms with Gasteiger partial charge in [-0.15, -0.1) is 0 Å². The van der Waals surface area contributed by atoms with Crippen molar-refractivity contribution in [2.24, 2.45) is 0 Å². The van der Waals surface area contributed by atoms with E-state index in [1.807, 2.05) is 45.0 Å². The molecule has 164 valence electrons. The van der Waals surface area contributed by atoms with Gasteiger partial charge in [0.25, 0.3) is 11.8 Å². The number of imide groups is 1. The number of methoxy groups -OCH3 is 1. The maximum atomic E-state index is 13.2. The van der Waals surface area contributed by atoms with E-state index in [9.17, 15) is 9.59 Å². The summed E-state index contributed by atoms with van der Waals surface area (Å²) in [7, 11) is 1.58. The Morgan fingerprint density at radius 2 is 1.58 bits per heavy atom.